The second-order valence-electron chi connectivity index (χ2n) is 8.51. The van der Waals surface area contributed by atoms with Gasteiger partial charge in [0.2, 0.25) is 6.29 Å². The molecule has 6 nitrogen and oxygen atoms in total. The van der Waals surface area contributed by atoms with Crippen LogP contribution >= 0.6 is 0 Å². The molecule has 39 heavy (non-hydrogen) atoms. The Bertz CT molecular complexity index is 1040. The van der Waals surface area contributed by atoms with E-state index < -0.39 is 24.2 Å². The molecule has 0 radical (unpaired) electrons. The summed E-state index contributed by atoms with van der Waals surface area (Å²) in [5, 5.41) is 0. The molecule has 1 aromatic rings. The summed E-state index contributed by atoms with van der Waals surface area (Å²) >= 11 is 0. The Labute approximate surface area is 233 Å². The van der Waals surface area contributed by atoms with Crippen LogP contribution in [0.5, 0.6) is 5.75 Å². The van der Waals surface area contributed by atoms with Crippen LogP contribution in [-0.2, 0) is 19.1 Å². The van der Waals surface area contributed by atoms with Crippen LogP contribution in [-0.4, -0.2) is 24.2 Å². The molecule has 1 unspecified atom stereocenters. The quantitative estimate of drug-likeness (QED) is 0.0818. The summed E-state index contributed by atoms with van der Waals surface area (Å²) in [6.07, 6.45) is 30.8. The van der Waals surface area contributed by atoms with E-state index in [2.05, 4.69) is 67.7 Å². The Hall–Kier alpha value is -3.93. The maximum Gasteiger partial charge on any atom is 0.345 e. The molecule has 0 bridgehead atoms. The normalized spacial score (nSPS) is 12.9. The third kappa shape index (κ3) is 18.0. The van der Waals surface area contributed by atoms with Crippen molar-refractivity contribution in [2.24, 2.45) is 0 Å². The van der Waals surface area contributed by atoms with Crippen molar-refractivity contribution in [1.29, 1.82) is 0 Å². The van der Waals surface area contributed by atoms with Gasteiger partial charge in [0.05, 0.1) is 0 Å². The molecule has 0 N–H and O–H groups in total. The smallest absolute Gasteiger partial charge is 0.345 e. The van der Waals surface area contributed by atoms with Crippen molar-refractivity contribution in [1.82, 2.24) is 0 Å². The molecule has 1 rings (SSSR count). The first kappa shape index (κ1) is 33.1. The van der Waals surface area contributed by atoms with Gasteiger partial charge < -0.3 is 14.2 Å². The maximum absolute atomic E-state index is 12.3. The highest BCUT2D eigenvalue weighted by molar-refractivity contribution is 5.93. The lowest BCUT2D eigenvalue weighted by molar-refractivity contribution is -0.165. The second-order valence-corrected chi connectivity index (χ2v) is 8.51. The number of hydrogen-bond acceptors (Lipinski definition) is 6. The fraction of sp³-hybridized carbons (Fsp3) is 0.364. The maximum atomic E-state index is 12.3. The molecule has 0 amide bonds. The highest BCUT2D eigenvalue weighted by atomic mass is 16.7. The number of para-hydroxylation sites is 1. The average molecular weight is 535 g/mol. The minimum Gasteiger partial charge on any atom is -0.426 e. The van der Waals surface area contributed by atoms with Crippen molar-refractivity contribution in [3.63, 3.8) is 0 Å². The molecule has 6 heteroatoms. The lowest BCUT2D eigenvalue weighted by Gasteiger charge is -2.15. The number of allylic oxidation sites excluding steroid dienone is 12. The zero-order valence-corrected chi connectivity index (χ0v) is 23.4. The molecule has 0 fully saturated rings. The minimum atomic E-state index is -1.07. The summed E-state index contributed by atoms with van der Waals surface area (Å²) < 4.78 is 15.3. The van der Waals surface area contributed by atoms with Crippen molar-refractivity contribution < 1.29 is 28.6 Å². The molecule has 0 aliphatic rings. The minimum absolute atomic E-state index is 0.0774. The summed E-state index contributed by atoms with van der Waals surface area (Å²) in [5.74, 6) is -1.68. The number of benzene rings is 1. The molecule has 0 heterocycles. The molecule has 1 atom stereocenters. The second kappa shape index (κ2) is 22.1. The van der Waals surface area contributed by atoms with Gasteiger partial charge in [0.1, 0.15) is 11.3 Å². The van der Waals surface area contributed by atoms with Gasteiger partial charge >= 0.3 is 17.9 Å². The Morgan fingerprint density at radius 2 is 1.21 bits per heavy atom. The topological polar surface area (TPSA) is 78.9 Å². The summed E-state index contributed by atoms with van der Waals surface area (Å²) in [5.41, 5.74) is 0.0774. The summed E-state index contributed by atoms with van der Waals surface area (Å²) in [4.78, 5) is 35.6. The monoisotopic (exact) mass is 534 g/mol. The van der Waals surface area contributed by atoms with Gasteiger partial charge in [-0.2, -0.15) is 0 Å². The first-order valence-corrected chi connectivity index (χ1v) is 13.5. The SMILES string of the molecule is CC/C=C\C/C=C\C/C=C\C/C=C\C/C=C\C/C=C\CCC(=O)OC(C)OC(=O)c1ccccc1OC(C)=O. The zero-order valence-electron chi connectivity index (χ0n) is 23.4. The van der Waals surface area contributed by atoms with Gasteiger partial charge in [-0.25, -0.2) is 4.79 Å². The molecule has 0 spiro atoms. The predicted octanol–water partition coefficient (Wildman–Crippen LogP) is 8.14. The van der Waals surface area contributed by atoms with Crippen LogP contribution in [0.3, 0.4) is 0 Å². The van der Waals surface area contributed by atoms with Crippen LogP contribution in [0.4, 0.5) is 0 Å². The average Bonchev–Trinajstić information content (AvgIpc) is 2.89. The molecule has 210 valence electrons. The van der Waals surface area contributed by atoms with Crippen LogP contribution in [0, 0.1) is 0 Å². The Balaban J connectivity index is 2.16. The lowest BCUT2D eigenvalue weighted by Crippen LogP contribution is -2.22. The molecular formula is C33H42O6. The van der Waals surface area contributed by atoms with E-state index in [0.717, 1.165) is 38.5 Å². The van der Waals surface area contributed by atoms with Gasteiger partial charge in [-0.05, 0) is 57.1 Å². The largest absolute Gasteiger partial charge is 0.426 e. The van der Waals surface area contributed by atoms with Crippen molar-refractivity contribution in [3.8, 4) is 5.75 Å². The van der Waals surface area contributed by atoms with Crippen molar-refractivity contribution in [2.45, 2.75) is 78.4 Å². The van der Waals surface area contributed by atoms with Gasteiger partial charge in [-0.1, -0.05) is 92.0 Å². The third-order valence-corrected chi connectivity index (χ3v) is 5.04. The molecule has 0 saturated carbocycles. The number of carbonyl (C=O) groups excluding carboxylic acids is 3. The van der Waals surface area contributed by atoms with Crippen LogP contribution in [0.15, 0.2) is 97.2 Å². The fourth-order valence-corrected chi connectivity index (χ4v) is 3.20. The highest BCUT2D eigenvalue weighted by Gasteiger charge is 2.19. The van der Waals surface area contributed by atoms with E-state index in [1.165, 1.54) is 26.0 Å². The van der Waals surface area contributed by atoms with Gasteiger partial charge in [-0.15, -0.1) is 0 Å². The Kier molecular flexibility index (Phi) is 18.7. The van der Waals surface area contributed by atoms with E-state index in [-0.39, 0.29) is 17.7 Å². The summed E-state index contributed by atoms with van der Waals surface area (Å²) in [6, 6.07) is 6.21. The standard InChI is InChI=1S/C33H42O6/c1-4-5-6-7-8-9-10-11-12-13-14-15-16-17-18-19-20-21-22-27-32(35)38-29(3)39-33(36)30-25-23-24-26-31(30)37-28(2)34/h5-6,8-9,11-12,14-15,17-18,20-21,23-26,29H,4,7,10,13,16,19,22,27H2,1-3H3/b6-5-,9-8-,12-11-,15-14-,18-17-,21-20-. The molecule has 0 aromatic heterocycles. The lowest BCUT2D eigenvalue weighted by atomic mass is 10.2. The van der Waals surface area contributed by atoms with Gasteiger partial charge in [0.25, 0.3) is 0 Å². The summed E-state index contributed by atoms with van der Waals surface area (Å²) in [7, 11) is 0. The fourth-order valence-electron chi connectivity index (χ4n) is 3.20. The van der Waals surface area contributed by atoms with E-state index in [1.807, 2.05) is 12.2 Å². The van der Waals surface area contributed by atoms with Crippen molar-refractivity contribution >= 4 is 17.9 Å². The first-order valence-electron chi connectivity index (χ1n) is 13.5. The third-order valence-electron chi connectivity index (χ3n) is 5.04. The van der Waals surface area contributed by atoms with E-state index in [9.17, 15) is 14.4 Å². The van der Waals surface area contributed by atoms with Gasteiger partial charge in [0, 0.05) is 20.3 Å². The van der Waals surface area contributed by atoms with E-state index in [1.54, 1.807) is 12.1 Å². The molecule has 0 saturated heterocycles. The van der Waals surface area contributed by atoms with Crippen LogP contribution in [0.25, 0.3) is 0 Å². The van der Waals surface area contributed by atoms with E-state index in [4.69, 9.17) is 14.2 Å². The molecule has 0 aliphatic carbocycles. The Morgan fingerprint density at radius 1 is 0.718 bits per heavy atom. The Morgan fingerprint density at radius 3 is 1.72 bits per heavy atom. The summed E-state index contributed by atoms with van der Waals surface area (Å²) in [6.45, 7) is 4.84. The number of hydrogen-bond donors (Lipinski definition) is 0. The molecule has 1 aromatic carbocycles. The van der Waals surface area contributed by atoms with Gasteiger partial charge in [0.15, 0.2) is 0 Å². The van der Waals surface area contributed by atoms with Crippen LogP contribution < -0.4 is 4.74 Å². The first-order chi connectivity index (χ1) is 18.9. The van der Waals surface area contributed by atoms with Crippen molar-refractivity contribution in [3.05, 3.63) is 103 Å². The van der Waals surface area contributed by atoms with Crippen molar-refractivity contribution in [2.75, 3.05) is 0 Å². The van der Waals surface area contributed by atoms with E-state index >= 15 is 0 Å². The number of ether oxygens (including phenoxy) is 3. The number of rotatable bonds is 18. The van der Waals surface area contributed by atoms with E-state index in [0.29, 0.717) is 6.42 Å². The zero-order chi connectivity index (χ0) is 28.6. The van der Waals surface area contributed by atoms with Crippen LogP contribution in [0.1, 0.15) is 82.5 Å². The number of esters is 3. The van der Waals surface area contributed by atoms with Crippen LogP contribution in [0.2, 0.25) is 0 Å². The number of carbonyl (C=O) groups is 3. The van der Waals surface area contributed by atoms with Gasteiger partial charge in [-0.3, -0.25) is 9.59 Å². The molecule has 0 aliphatic heterocycles. The highest BCUT2D eigenvalue weighted by Crippen LogP contribution is 2.20. The predicted molar refractivity (Wildman–Crippen MR) is 156 cm³/mol. The molecular weight excluding hydrogens is 492 g/mol.